The molecule has 0 aliphatic carbocycles. The van der Waals surface area contributed by atoms with Crippen LogP contribution in [-0.2, 0) is 4.74 Å². The van der Waals surface area contributed by atoms with Gasteiger partial charge in [-0.2, -0.15) is 0 Å². The van der Waals surface area contributed by atoms with Gasteiger partial charge in [0.15, 0.2) is 0 Å². The van der Waals surface area contributed by atoms with E-state index in [1.807, 2.05) is 27.7 Å². The first kappa shape index (κ1) is 11.9. The summed E-state index contributed by atoms with van der Waals surface area (Å²) in [4.78, 5) is 0. The lowest BCUT2D eigenvalue weighted by Crippen LogP contribution is -2.53. The number of hydrogen-bond donors (Lipinski definition) is 1. The molecular formula is C10H23NO. The molecule has 0 radical (unpaired) electrons. The highest BCUT2D eigenvalue weighted by atomic mass is 16.5. The molecule has 12 heavy (non-hydrogen) atoms. The van der Waals surface area contributed by atoms with Crippen molar-refractivity contribution in [3.8, 4) is 0 Å². The van der Waals surface area contributed by atoms with Gasteiger partial charge < -0.3 is 10.1 Å². The van der Waals surface area contributed by atoms with Crippen LogP contribution in [0.2, 0.25) is 0 Å². The first-order chi connectivity index (χ1) is 5.91. The van der Waals surface area contributed by atoms with Gasteiger partial charge in [0.25, 0.3) is 0 Å². The quantitative estimate of drug-likeness (QED) is 0.605. The third-order valence-electron chi connectivity index (χ3n) is 2.18. The Morgan fingerprint density at radius 1 is 1.08 bits per heavy atom. The van der Waals surface area contributed by atoms with E-state index in [1.165, 1.54) is 19.5 Å². The van der Waals surface area contributed by atoms with E-state index >= 15 is 0 Å². The van der Waals surface area contributed by atoms with E-state index in [0.29, 0.717) is 5.41 Å². The van der Waals surface area contributed by atoms with Crippen LogP contribution in [0.3, 0.4) is 0 Å². The van der Waals surface area contributed by atoms with E-state index in [0.717, 1.165) is 13.2 Å². The van der Waals surface area contributed by atoms with Gasteiger partial charge in [0.2, 0.25) is 0 Å². The standard InChI is InChI=1S/C6H11NO.2C2H6/c1-2-8-5-6(1)3-7-4-6;2*1-2/h7H,1-5H2;2*1-2H3. The average Bonchev–Trinajstić information content (AvgIpc) is 2.59. The maximum atomic E-state index is 5.26. The van der Waals surface area contributed by atoms with Gasteiger partial charge >= 0.3 is 0 Å². The highest BCUT2D eigenvalue weighted by Gasteiger charge is 2.40. The number of nitrogens with one attached hydrogen (secondary N) is 1. The largest absolute Gasteiger partial charge is 0.381 e. The van der Waals surface area contributed by atoms with Crippen LogP contribution in [0, 0.1) is 5.41 Å². The van der Waals surface area contributed by atoms with Gasteiger partial charge in [-0.25, -0.2) is 0 Å². The summed E-state index contributed by atoms with van der Waals surface area (Å²) in [5.74, 6) is 0. The highest BCUT2D eigenvalue weighted by Crippen LogP contribution is 2.31. The van der Waals surface area contributed by atoms with Gasteiger partial charge in [0.05, 0.1) is 6.61 Å². The summed E-state index contributed by atoms with van der Waals surface area (Å²) in [6.45, 7) is 12.4. The lowest BCUT2D eigenvalue weighted by Gasteiger charge is -2.37. The van der Waals surface area contributed by atoms with Crippen LogP contribution >= 0.6 is 0 Å². The van der Waals surface area contributed by atoms with Crippen molar-refractivity contribution in [1.82, 2.24) is 5.32 Å². The Morgan fingerprint density at radius 3 is 1.83 bits per heavy atom. The smallest absolute Gasteiger partial charge is 0.0547 e. The predicted molar refractivity (Wildman–Crippen MR) is 53.4 cm³/mol. The second-order valence-electron chi connectivity index (χ2n) is 2.91. The second-order valence-corrected chi connectivity index (χ2v) is 2.91. The molecule has 2 heteroatoms. The zero-order valence-corrected chi connectivity index (χ0v) is 8.94. The monoisotopic (exact) mass is 173 g/mol. The van der Waals surface area contributed by atoms with Gasteiger partial charge in [-0.05, 0) is 6.42 Å². The lowest BCUT2D eigenvalue weighted by atomic mass is 9.81. The van der Waals surface area contributed by atoms with E-state index in [4.69, 9.17) is 4.74 Å². The van der Waals surface area contributed by atoms with Crippen molar-refractivity contribution in [2.24, 2.45) is 5.41 Å². The van der Waals surface area contributed by atoms with E-state index < -0.39 is 0 Å². The van der Waals surface area contributed by atoms with Crippen molar-refractivity contribution in [3.63, 3.8) is 0 Å². The van der Waals surface area contributed by atoms with Crippen LogP contribution in [0.25, 0.3) is 0 Å². The molecule has 2 aliphatic heterocycles. The molecule has 2 saturated heterocycles. The summed E-state index contributed by atoms with van der Waals surface area (Å²) >= 11 is 0. The molecule has 0 atom stereocenters. The van der Waals surface area contributed by atoms with E-state index in [1.54, 1.807) is 0 Å². The molecule has 0 bridgehead atoms. The lowest BCUT2D eigenvalue weighted by molar-refractivity contribution is 0.112. The molecule has 2 nitrogen and oxygen atoms in total. The minimum atomic E-state index is 0.583. The molecule has 2 aliphatic rings. The van der Waals surface area contributed by atoms with Crippen molar-refractivity contribution in [3.05, 3.63) is 0 Å². The molecule has 0 aromatic heterocycles. The second kappa shape index (κ2) is 6.44. The zero-order valence-electron chi connectivity index (χ0n) is 8.94. The summed E-state index contributed by atoms with van der Waals surface area (Å²) in [6.07, 6.45) is 1.28. The molecular weight excluding hydrogens is 150 g/mol. The maximum absolute atomic E-state index is 5.26. The molecule has 1 spiro atoms. The van der Waals surface area contributed by atoms with Gasteiger partial charge in [-0.3, -0.25) is 0 Å². The van der Waals surface area contributed by atoms with E-state index in [2.05, 4.69) is 5.32 Å². The van der Waals surface area contributed by atoms with Gasteiger partial charge in [-0.15, -0.1) is 0 Å². The van der Waals surface area contributed by atoms with Crippen molar-refractivity contribution < 1.29 is 4.74 Å². The topological polar surface area (TPSA) is 21.3 Å². The number of hydrogen-bond acceptors (Lipinski definition) is 2. The molecule has 74 valence electrons. The van der Waals surface area contributed by atoms with Crippen LogP contribution in [0.5, 0.6) is 0 Å². The molecule has 0 saturated carbocycles. The van der Waals surface area contributed by atoms with Crippen molar-refractivity contribution in [2.75, 3.05) is 26.3 Å². The minimum absolute atomic E-state index is 0.583. The average molecular weight is 173 g/mol. The predicted octanol–water partition coefficient (Wildman–Crippen LogP) is 2.05. The van der Waals surface area contributed by atoms with Gasteiger partial charge in [0.1, 0.15) is 0 Å². The Morgan fingerprint density at radius 2 is 1.67 bits per heavy atom. The van der Waals surface area contributed by atoms with Crippen LogP contribution in [0.4, 0.5) is 0 Å². The zero-order chi connectivity index (χ0) is 9.45. The Hall–Kier alpha value is -0.0800. The third kappa shape index (κ3) is 2.76. The van der Waals surface area contributed by atoms with Crippen LogP contribution in [0.15, 0.2) is 0 Å². The van der Waals surface area contributed by atoms with Gasteiger partial charge in [-0.1, -0.05) is 27.7 Å². The molecule has 0 aromatic carbocycles. The van der Waals surface area contributed by atoms with Gasteiger partial charge in [0, 0.05) is 25.1 Å². The fourth-order valence-electron chi connectivity index (χ4n) is 1.41. The van der Waals surface area contributed by atoms with E-state index in [9.17, 15) is 0 Å². The maximum Gasteiger partial charge on any atom is 0.0547 e. The Bertz CT molecular complexity index is 92.0. The molecule has 1 N–H and O–H groups in total. The van der Waals surface area contributed by atoms with Crippen molar-refractivity contribution in [2.45, 2.75) is 34.1 Å². The molecule has 2 fully saturated rings. The Labute approximate surface area is 76.7 Å². The summed E-state index contributed by atoms with van der Waals surface area (Å²) in [7, 11) is 0. The Balaban J connectivity index is 0.000000269. The SMILES string of the molecule is C1CC2(CNC2)CO1.CC.CC. The molecule has 0 unspecified atom stereocenters. The highest BCUT2D eigenvalue weighted by molar-refractivity contribution is 4.94. The molecule has 2 rings (SSSR count). The normalized spacial score (nSPS) is 23.0. The molecule has 2 heterocycles. The van der Waals surface area contributed by atoms with E-state index in [-0.39, 0.29) is 0 Å². The summed E-state index contributed by atoms with van der Waals surface area (Å²) in [5.41, 5.74) is 0.583. The Kier molecular flexibility index (Phi) is 6.39. The minimum Gasteiger partial charge on any atom is -0.381 e. The summed E-state index contributed by atoms with van der Waals surface area (Å²) < 4.78 is 5.26. The van der Waals surface area contributed by atoms with Crippen LogP contribution in [0.1, 0.15) is 34.1 Å². The number of ether oxygens (including phenoxy) is 1. The fraction of sp³-hybridized carbons (Fsp3) is 1.00. The van der Waals surface area contributed by atoms with Crippen molar-refractivity contribution in [1.29, 1.82) is 0 Å². The van der Waals surface area contributed by atoms with Crippen molar-refractivity contribution >= 4 is 0 Å². The molecule has 0 aromatic rings. The third-order valence-corrected chi connectivity index (χ3v) is 2.18. The van der Waals surface area contributed by atoms with Crippen LogP contribution in [-0.4, -0.2) is 26.3 Å². The first-order valence-electron chi connectivity index (χ1n) is 5.20. The summed E-state index contributed by atoms with van der Waals surface area (Å²) in [5, 5.41) is 3.26. The number of rotatable bonds is 0. The fourth-order valence-corrected chi connectivity index (χ4v) is 1.41. The first-order valence-corrected chi connectivity index (χ1v) is 5.20. The summed E-state index contributed by atoms with van der Waals surface area (Å²) in [6, 6.07) is 0. The van der Waals surface area contributed by atoms with Crippen LogP contribution < -0.4 is 5.32 Å². The molecule has 0 amide bonds.